The summed E-state index contributed by atoms with van der Waals surface area (Å²) >= 11 is 0. The monoisotopic (exact) mass is 584 g/mol. The molecular formula is C31H36O11. The number of hydrogen-bond acceptors (Lipinski definition) is 11. The second kappa shape index (κ2) is 9.11. The SMILES string of the molecule is CC(=O)O[C@H]1C[C@H]2OC[C@@]2(OC(C)=O)[C@H]2[C@H](OC(=O)c3ccccc3)[C@]3(C(C)(C)O)CCC(C)=C3[C@@]3(O)C(=O)OC[C@@]123. The Labute approximate surface area is 243 Å². The zero-order valence-corrected chi connectivity index (χ0v) is 24.3. The molecule has 3 aliphatic carbocycles. The Bertz CT molecular complexity index is 1390. The normalized spacial score (nSPS) is 40.0. The molecule has 1 aromatic rings. The number of hydrogen-bond donors (Lipinski definition) is 2. The van der Waals surface area contributed by atoms with E-state index >= 15 is 0 Å². The molecule has 2 N–H and O–H groups in total. The summed E-state index contributed by atoms with van der Waals surface area (Å²) in [5.41, 5.74) is -7.75. The summed E-state index contributed by atoms with van der Waals surface area (Å²) in [5.74, 6) is -4.16. The van der Waals surface area contributed by atoms with Crippen molar-refractivity contribution in [1.29, 1.82) is 0 Å². The van der Waals surface area contributed by atoms with E-state index in [0.29, 0.717) is 12.0 Å². The number of carbonyl (C=O) groups excluding carboxylic acids is 4. The third-order valence-electron chi connectivity index (χ3n) is 10.4. The van der Waals surface area contributed by atoms with Gasteiger partial charge in [-0.25, -0.2) is 9.59 Å². The summed E-state index contributed by atoms with van der Waals surface area (Å²) in [6, 6.07) is 8.31. The first-order chi connectivity index (χ1) is 19.7. The number of aliphatic hydroxyl groups is 2. The minimum atomic E-state index is -2.40. The van der Waals surface area contributed by atoms with Gasteiger partial charge < -0.3 is 33.9 Å². The van der Waals surface area contributed by atoms with E-state index in [4.69, 9.17) is 23.7 Å². The summed E-state index contributed by atoms with van der Waals surface area (Å²) in [6.07, 6.45) is -2.65. The molecular weight excluding hydrogens is 548 g/mol. The third-order valence-corrected chi connectivity index (χ3v) is 10.4. The van der Waals surface area contributed by atoms with Crippen LogP contribution in [0.1, 0.15) is 64.2 Å². The molecule has 2 saturated heterocycles. The minimum absolute atomic E-state index is 0.0104. The first kappa shape index (κ1) is 28.8. The van der Waals surface area contributed by atoms with Gasteiger partial charge >= 0.3 is 23.9 Å². The zero-order chi connectivity index (χ0) is 30.5. The smallest absolute Gasteiger partial charge is 0.343 e. The van der Waals surface area contributed by atoms with Gasteiger partial charge in [0.15, 0.2) is 11.2 Å². The van der Waals surface area contributed by atoms with Gasteiger partial charge in [-0.3, -0.25) is 9.59 Å². The van der Waals surface area contributed by atoms with Gasteiger partial charge in [-0.15, -0.1) is 0 Å². The van der Waals surface area contributed by atoms with Crippen molar-refractivity contribution in [2.45, 2.75) is 89.0 Å². The second-order valence-corrected chi connectivity index (χ2v) is 12.9. The van der Waals surface area contributed by atoms with Gasteiger partial charge in [0.1, 0.15) is 24.9 Å². The lowest BCUT2D eigenvalue weighted by molar-refractivity contribution is -0.369. The lowest BCUT2D eigenvalue weighted by Crippen LogP contribution is -2.85. The van der Waals surface area contributed by atoms with Gasteiger partial charge in [0.05, 0.1) is 34.5 Å². The van der Waals surface area contributed by atoms with Gasteiger partial charge in [0.25, 0.3) is 0 Å². The first-order valence-electron chi connectivity index (χ1n) is 14.2. The van der Waals surface area contributed by atoms with Gasteiger partial charge in [-0.05, 0) is 51.3 Å². The Morgan fingerprint density at radius 1 is 1.05 bits per heavy atom. The number of cyclic esters (lactones) is 1. The number of allylic oxidation sites excluding steroid dienone is 1. The highest BCUT2D eigenvalue weighted by Crippen LogP contribution is 2.75. The highest BCUT2D eigenvalue weighted by Gasteiger charge is 2.89. The molecule has 2 heterocycles. The lowest BCUT2D eigenvalue weighted by atomic mass is 9.38. The average Bonchev–Trinajstić information content (AvgIpc) is 3.40. The number of fused-ring (bicyclic) bond motifs is 4. The van der Waals surface area contributed by atoms with Gasteiger partial charge in [0.2, 0.25) is 0 Å². The van der Waals surface area contributed by atoms with E-state index in [2.05, 4.69) is 0 Å². The van der Waals surface area contributed by atoms with Crippen LogP contribution in [0.5, 0.6) is 0 Å². The molecule has 0 bridgehead atoms. The van der Waals surface area contributed by atoms with Crippen LogP contribution in [-0.2, 0) is 38.1 Å². The van der Waals surface area contributed by atoms with Crippen LogP contribution in [0.25, 0.3) is 0 Å². The van der Waals surface area contributed by atoms with E-state index in [1.807, 2.05) is 0 Å². The molecule has 4 fully saturated rings. The summed E-state index contributed by atoms with van der Waals surface area (Å²) in [5, 5.41) is 24.9. The quantitative estimate of drug-likeness (QED) is 0.297. The molecule has 11 nitrogen and oxygen atoms in total. The fourth-order valence-corrected chi connectivity index (χ4v) is 8.93. The molecule has 1 spiro atoms. The maximum absolute atomic E-state index is 13.9. The topological polar surface area (TPSA) is 155 Å². The Kier molecular flexibility index (Phi) is 6.25. The van der Waals surface area contributed by atoms with E-state index in [1.54, 1.807) is 51.1 Å². The number of ether oxygens (including phenoxy) is 5. The van der Waals surface area contributed by atoms with Gasteiger partial charge in [-0.2, -0.15) is 0 Å². The molecule has 6 rings (SSSR count). The second-order valence-electron chi connectivity index (χ2n) is 12.9. The van der Waals surface area contributed by atoms with Crippen molar-refractivity contribution in [3.05, 3.63) is 47.0 Å². The van der Waals surface area contributed by atoms with E-state index in [1.165, 1.54) is 13.8 Å². The zero-order valence-electron chi connectivity index (χ0n) is 24.3. The van der Waals surface area contributed by atoms with Gasteiger partial charge in [0, 0.05) is 20.3 Å². The van der Waals surface area contributed by atoms with Gasteiger partial charge in [-0.1, -0.05) is 23.8 Å². The number of benzene rings is 1. The summed E-state index contributed by atoms with van der Waals surface area (Å²) in [6.45, 7) is 6.78. The lowest BCUT2D eigenvalue weighted by Gasteiger charge is -2.70. The molecule has 5 aliphatic rings. The molecule has 226 valence electrons. The number of rotatable bonds is 5. The van der Waals surface area contributed by atoms with Crippen molar-refractivity contribution in [3.8, 4) is 0 Å². The molecule has 2 aliphatic heterocycles. The molecule has 0 amide bonds. The van der Waals surface area contributed by atoms with Crippen LogP contribution in [0, 0.1) is 16.7 Å². The van der Waals surface area contributed by atoms with E-state index in [0.717, 1.165) is 0 Å². The van der Waals surface area contributed by atoms with Crippen molar-refractivity contribution < 1.29 is 53.1 Å². The largest absolute Gasteiger partial charge is 0.462 e. The van der Waals surface area contributed by atoms with E-state index in [9.17, 15) is 29.4 Å². The molecule has 11 heteroatoms. The van der Waals surface area contributed by atoms with E-state index in [-0.39, 0.29) is 30.6 Å². The van der Waals surface area contributed by atoms with Crippen LogP contribution in [0.4, 0.5) is 0 Å². The Balaban J connectivity index is 1.69. The van der Waals surface area contributed by atoms with E-state index < -0.39 is 82.3 Å². The standard InChI is InChI=1S/C31H36O11/c1-16-11-12-28(27(4,5)36)22(16)31(37)26(35)39-14-29(31)20(40-17(2)32)13-21-30(15-38-21,42-18(3)33)23(29)24(28)41-25(34)19-9-7-6-8-10-19/h6-10,20-21,23-24,36-37H,11-15H2,1-5H3/t20-,21+,23-,24-,28-,29+,30-,31+/m0/s1. The Hall–Kier alpha value is -3.28. The molecule has 42 heavy (non-hydrogen) atoms. The maximum Gasteiger partial charge on any atom is 0.343 e. The van der Waals surface area contributed by atoms with Crippen LogP contribution in [0.3, 0.4) is 0 Å². The number of carbonyl (C=O) groups is 4. The first-order valence-corrected chi connectivity index (χ1v) is 14.2. The van der Waals surface area contributed by atoms with Crippen LogP contribution < -0.4 is 0 Å². The number of esters is 4. The average molecular weight is 585 g/mol. The van der Waals surface area contributed by atoms with Crippen molar-refractivity contribution in [2.75, 3.05) is 13.2 Å². The van der Waals surface area contributed by atoms with Crippen molar-refractivity contribution in [1.82, 2.24) is 0 Å². The van der Waals surface area contributed by atoms with Crippen LogP contribution in [0.15, 0.2) is 41.5 Å². The molecule has 1 aromatic carbocycles. The Morgan fingerprint density at radius 3 is 2.31 bits per heavy atom. The summed E-state index contributed by atoms with van der Waals surface area (Å²) in [7, 11) is 0. The minimum Gasteiger partial charge on any atom is -0.462 e. The highest BCUT2D eigenvalue weighted by atomic mass is 16.6. The van der Waals surface area contributed by atoms with Crippen molar-refractivity contribution >= 4 is 23.9 Å². The molecule has 8 atom stereocenters. The Morgan fingerprint density at radius 2 is 1.74 bits per heavy atom. The highest BCUT2D eigenvalue weighted by molar-refractivity contribution is 5.91. The molecule has 0 aromatic heterocycles. The van der Waals surface area contributed by atoms with Crippen molar-refractivity contribution in [3.63, 3.8) is 0 Å². The summed E-state index contributed by atoms with van der Waals surface area (Å²) in [4.78, 5) is 52.9. The third kappa shape index (κ3) is 3.38. The maximum atomic E-state index is 13.9. The van der Waals surface area contributed by atoms with Crippen LogP contribution in [0.2, 0.25) is 0 Å². The molecule has 0 unspecified atom stereocenters. The molecule has 0 radical (unpaired) electrons. The van der Waals surface area contributed by atoms with Crippen molar-refractivity contribution in [2.24, 2.45) is 16.7 Å². The predicted octanol–water partition coefficient (Wildman–Crippen LogP) is 2.02. The fourth-order valence-electron chi connectivity index (χ4n) is 8.93. The van der Waals surface area contributed by atoms with Crippen LogP contribution in [-0.4, -0.2) is 82.4 Å². The van der Waals surface area contributed by atoms with Crippen LogP contribution >= 0.6 is 0 Å². The summed E-state index contributed by atoms with van der Waals surface area (Å²) < 4.78 is 29.9. The molecule has 2 saturated carbocycles. The predicted molar refractivity (Wildman–Crippen MR) is 143 cm³/mol. The fraction of sp³-hybridized carbons (Fsp3) is 0.613.